The molecule has 2 aliphatic rings. The Morgan fingerprint density at radius 1 is 1.31 bits per heavy atom. The maximum Gasteiger partial charge on any atom is 0.254 e. The van der Waals surface area contributed by atoms with Crippen LogP contribution in [0, 0.1) is 0 Å². The van der Waals surface area contributed by atoms with Crippen LogP contribution in [0.2, 0.25) is 0 Å². The van der Waals surface area contributed by atoms with Crippen LogP contribution in [0.15, 0.2) is 36.5 Å². The fraction of sp³-hybridized carbons (Fsp3) is 0.368. The molecule has 3 aromatic rings. The van der Waals surface area contributed by atoms with Gasteiger partial charge in [-0.1, -0.05) is 18.2 Å². The van der Waals surface area contributed by atoms with Gasteiger partial charge in [0, 0.05) is 30.0 Å². The number of para-hydroxylation sites is 1. The Balaban J connectivity index is 1.51. The summed E-state index contributed by atoms with van der Waals surface area (Å²) in [5.41, 5.74) is 1.85. The Labute approximate surface area is 150 Å². The molecule has 26 heavy (non-hydrogen) atoms. The fourth-order valence-corrected chi connectivity index (χ4v) is 3.73. The molecule has 0 bridgehead atoms. The Bertz CT molecular complexity index is 983. The molecule has 132 valence electrons. The molecule has 0 radical (unpaired) electrons. The Hall–Kier alpha value is -2.80. The first-order valence-electron chi connectivity index (χ1n) is 8.92. The minimum Gasteiger partial charge on any atom is -0.381 e. The van der Waals surface area contributed by atoms with E-state index in [1.54, 1.807) is 4.90 Å². The second-order valence-electron chi connectivity index (χ2n) is 7.25. The van der Waals surface area contributed by atoms with Crippen LogP contribution < -0.4 is 0 Å². The second-order valence-corrected chi connectivity index (χ2v) is 7.25. The van der Waals surface area contributed by atoms with Crippen LogP contribution >= 0.6 is 0 Å². The molecule has 3 heterocycles. The number of pyridine rings is 1. The molecular weight excluding hydrogens is 330 g/mol. The van der Waals surface area contributed by atoms with Crippen LogP contribution in [0.4, 0.5) is 0 Å². The van der Waals surface area contributed by atoms with E-state index in [0.717, 1.165) is 29.4 Å². The van der Waals surface area contributed by atoms with E-state index >= 15 is 0 Å². The number of aromatic amines is 1. The number of hydrogen-bond acceptors (Lipinski definition) is 5. The van der Waals surface area contributed by atoms with Gasteiger partial charge in [0.15, 0.2) is 0 Å². The highest BCUT2D eigenvalue weighted by Crippen LogP contribution is 2.40. The molecule has 7 nitrogen and oxygen atoms in total. The van der Waals surface area contributed by atoms with Crippen molar-refractivity contribution in [1.29, 1.82) is 0 Å². The molecule has 1 amide bonds. The maximum atomic E-state index is 13.3. The first kappa shape index (κ1) is 15.5. The number of benzene rings is 1. The Kier molecular flexibility index (Phi) is 3.33. The van der Waals surface area contributed by atoms with Crippen LogP contribution in [-0.2, 0) is 5.60 Å². The number of β-amino-alcohol motifs (C(OH)–C–C–N with tert-alkyl or cyclic N) is 1. The smallest absolute Gasteiger partial charge is 0.254 e. The predicted octanol–water partition coefficient (Wildman–Crippen LogP) is 1.96. The zero-order chi connectivity index (χ0) is 17.7. The standard InChI is InChI=1S/C19H19N5O2/c25-18(24-8-7-19(26,11-24)17-10-20-23-22-17)14-9-16(12-5-6-12)21-15-4-2-1-3-13(14)15/h1-4,9-10,12,26H,5-8,11H2,(H,20,22,23). The summed E-state index contributed by atoms with van der Waals surface area (Å²) in [4.78, 5) is 19.7. The third-order valence-corrected chi connectivity index (χ3v) is 5.39. The zero-order valence-electron chi connectivity index (χ0n) is 14.2. The summed E-state index contributed by atoms with van der Waals surface area (Å²) >= 11 is 0. The third kappa shape index (κ3) is 2.47. The van der Waals surface area contributed by atoms with Crippen LogP contribution in [0.3, 0.4) is 0 Å². The van der Waals surface area contributed by atoms with Gasteiger partial charge in [-0.25, -0.2) is 0 Å². The summed E-state index contributed by atoms with van der Waals surface area (Å²) in [6.07, 6.45) is 4.23. The summed E-state index contributed by atoms with van der Waals surface area (Å²) in [5.74, 6) is 0.404. The summed E-state index contributed by atoms with van der Waals surface area (Å²) in [6.45, 7) is 0.700. The van der Waals surface area contributed by atoms with Crippen molar-refractivity contribution in [3.8, 4) is 0 Å². The summed E-state index contributed by atoms with van der Waals surface area (Å²) in [6, 6.07) is 9.70. The van der Waals surface area contributed by atoms with E-state index in [9.17, 15) is 9.90 Å². The fourth-order valence-electron chi connectivity index (χ4n) is 3.73. The number of nitrogens with one attached hydrogen (secondary N) is 1. The number of rotatable bonds is 3. The van der Waals surface area contributed by atoms with Gasteiger partial charge >= 0.3 is 0 Å². The van der Waals surface area contributed by atoms with Gasteiger partial charge in [-0.3, -0.25) is 9.78 Å². The van der Waals surface area contributed by atoms with Crippen LogP contribution in [-0.4, -0.2) is 49.4 Å². The van der Waals surface area contributed by atoms with E-state index in [-0.39, 0.29) is 12.5 Å². The number of H-pyrrole nitrogens is 1. The Morgan fingerprint density at radius 3 is 2.92 bits per heavy atom. The highest BCUT2D eigenvalue weighted by atomic mass is 16.3. The Morgan fingerprint density at radius 2 is 2.15 bits per heavy atom. The lowest BCUT2D eigenvalue weighted by Crippen LogP contribution is -2.34. The SMILES string of the molecule is O=C(c1cc(C2CC2)nc2ccccc12)N1CCC(O)(c2cn[nH]n2)C1. The van der Waals surface area contributed by atoms with E-state index < -0.39 is 5.60 Å². The van der Waals surface area contributed by atoms with E-state index in [0.29, 0.717) is 30.1 Å². The second kappa shape index (κ2) is 5.60. The number of aliphatic hydroxyl groups is 1. The molecule has 7 heteroatoms. The number of aromatic nitrogens is 4. The lowest BCUT2D eigenvalue weighted by atomic mass is 10.00. The number of carbonyl (C=O) groups excluding carboxylic acids is 1. The normalized spacial score (nSPS) is 22.9. The number of nitrogens with zero attached hydrogens (tertiary/aromatic N) is 4. The maximum absolute atomic E-state index is 13.3. The molecule has 1 atom stereocenters. The van der Waals surface area contributed by atoms with Gasteiger partial charge < -0.3 is 10.0 Å². The van der Waals surface area contributed by atoms with Gasteiger partial charge in [0.1, 0.15) is 11.3 Å². The van der Waals surface area contributed by atoms with Crippen LogP contribution in [0.1, 0.15) is 46.9 Å². The quantitative estimate of drug-likeness (QED) is 0.754. The number of likely N-dealkylation sites (tertiary alicyclic amines) is 1. The van der Waals surface area contributed by atoms with E-state index in [1.807, 2.05) is 30.3 Å². The first-order chi connectivity index (χ1) is 12.6. The van der Waals surface area contributed by atoms with Gasteiger partial charge in [-0.2, -0.15) is 15.4 Å². The highest BCUT2D eigenvalue weighted by molar-refractivity contribution is 6.06. The molecule has 2 fully saturated rings. The molecule has 5 rings (SSSR count). The first-order valence-corrected chi connectivity index (χ1v) is 8.92. The minimum atomic E-state index is -1.15. The van der Waals surface area contributed by atoms with Gasteiger partial charge in [0.25, 0.3) is 5.91 Å². The number of fused-ring (bicyclic) bond motifs is 1. The number of amides is 1. The summed E-state index contributed by atoms with van der Waals surface area (Å²) in [5, 5.41) is 22.0. The third-order valence-electron chi connectivity index (χ3n) is 5.39. The monoisotopic (exact) mass is 349 g/mol. The lowest BCUT2D eigenvalue weighted by molar-refractivity contribution is 0.0382. The average Bonchev–Trinajstić information content (AvgIpc) is 3.20. The minimum absolute atomic E-state index is 0.0649. The van der Waals surface area contributed by atoms with Crippen molar-refractivity contribution < 1.29 is 9.90 Å². The van der Waals surface area contributed by atoms with Crippen molar-refractivity contribution in [1.82, 2.24) is 25.3 Å². The predicted molar refractivity (Wildman–Crippen MR) is 94.5 cm³/mol. The van der Waals surface area contributed by atoms with Crippen molar-refractivity contribution in [3.63, 3.8) is 0 Å². The molecule has 1 saturated carbocycles. The van der Waals surface area contributed by atoms with Crippen molar-refractivity contribution in [2.24, 2.45) is 0 Å². The molecule has 1 unspecified atom stereocenters. The van der Waals surface area contributed by atoms with Crippen LogP contribution in [0.5, 0.6) is 0 Å². The summed E-state index contributed by atoms with van der Waals surface area (Å²) in [7, 11) is 0. The molecule has 1 aromatic carbocycles. The van der Waals surface area contributed by atoms with Gasteiger partial charge in [-0.05, 0) is 25.0 Å². The average molecular weight is 349 g/mol. The molecule has 1 aliphatic carbocycles. The van der Waals surface area contributed by atoms with Gasteiger partial charge in [0.2, 0.25) is 0 Å². The van der Waals surface area contributed by atoms with E-state index in [2.05, 4.69) is 15.4 Å². The lowest BCUT2D eigenvalue weighted by Gasteiger charge is -2.21. The highest BCUT2D eigenvalue weighted by Gasteiger charge is 2.42. The van der Waals surface area contributed by atoms with Crippen molar-refractivity contribution in [3.05, 3.63) is 53.5 Å². The zero-order valence-corrected chi connectivity index (χ0v) is 14.2. The van der Waals surface area contributed by atoms with E-state index in [4.69, 9.17) is 4.98 Å². The molecular formula is C19H19N5O2. The molecule has 1 saturated heterocycles. The van der Waals surface area contributed by atoms with Crippen molar-refractivity contribution in [2.75, 3.05) is 13.1 Å². The molecule has 0 spiro atoms. The molecule has 1 aliphatic heterocycles. The molecule has 2 N–H and O–H groups in total. The van der Waals surface area contributed by atoms with Crippen molar-refractivity contribution >= 4 is 16.8 Å². The summed E-state index contributed by atoms with van der Waals surface area (Å²) < 4.78 is 0. The van der Waals surface area contributed by atoms with E-state index in [1.165, 1.54) is 6.20 Å². The number of carbonyl (C=O) groups is 1. The largest absolute Gasteiger partial charge is 0.381 e. The van der Waals surface area contributed by atoms with Gasteiger partial charge in [-0.15, -0.1) is 0 Å². The van der Waals surface area contributed by atoms with Crippen LogP contribution in [0.25, 0.3) is 10.9 Å². The number of hydrogen-bond donors (Lipinski definition) is 2. The molecule has 2 aromatic heterocycles. The topological polar surface area (TPSA) is 95.0 Å². The van der Waals surface area contributed by atoms with Gasteiger partial charge in [0.05, 0.1) is 23.8 Å². The van der Waals surface area contributed by atoms with Crippen molar-refractivity contribution in [2.45, 2.75) is 30.8 Å².